The molecule has 0 bridgehead atoms. The van der Waals surface area contributed by atoms with Crippen LogP contribution in [0.3, 0.4) is 0 Å². The highest BCUT2D eigenvalue weighted by atomic mass is 19.1. The van der Waals surface area contributed by atoms with Crippen LogP contribution in [0.4, 0.5) is 10.1 Å². The van der Waals surface area contributed by atoms with Crippen molar-refractivity contribution >= 4 is 17.5 Å². The van der Waals surface area contributed by atoms with Crippen molar-refractivity contribution in [2.45, 2.75) is 25.8 Å². The molecule has 10 nitrogen and oxygen atoms in total. The van der Waals surface area contributed by atoms with Crippen LogP contribution in [0.5, 0.6) is 0 Å². The normalized spacial score (nSPS) is 15.6. The maximum Gasteiger partial charge on any atom is 0.352 e. The van der Waals surface area contributed by atoms with Crippen molar-refractivity contribution in [2.24, 2.45) is 0 Å². The first kappa shape index (κ1) is 24.7. The molecule has 0 saturated heterocycles. The Labute approximate surface area is 204 Å². The van der Waals surface area contributed by atoms with Crippen molar-refractivity contribution < 1.29 is 19.1 Å². The number of aliphatic hydroxyl groups excluding tert-OH is 1. The summed E-state index contributed by atoms with van der Waals surface area (Å²) in [5.41, 5.74) is 0.761. The van der Waals surface area contributed by atoms with Crippen molar-refractivity contribution in [3.63, 3.8) is 0 Å². The summed E-state index contributed by atoms with van der Waals surface area (Å²) in [6, 6.07) is 10.6. The molecule has 0 radical (unpaired) electrons. The molecule has 0 spiro atoms. The topological polar surface area (TPSA) is 127 Å². The molecular formula is C25H24FN5O5. The standard InChI is InChI=1S/C25H24FN5O5/c1-15-6-7-18(31-25(36)30(8-9-32)23(34)13-27-31)11-21(15)28-24(35)20-14-29(2)22(33)12-19(20)16-4-3-5-17(26)10-16/h3-7,10-11,13-14,19,32H,8-9,12H2,1-2H3,(H,28,35). The summed E-state index contributed by atoms with van der Waals surface area (Å²) in [5.74, 6) is -1.81. The van der Waals surface area contributed by atoms with Gasteiger partial charge in [-0.3, -0.25) is 19.0 Å². The first-order chi connectivity index (χ1) is 17.2. The number of halogens is 1. The summed E-state index contributed by atoms with van der Waals surface area (Å²) >= 11 is 0. The van der Waals surface area contributed by atoms with Crippen molar-refractivity contribution in [3.8, 4) is 5.69 Å². The van der Waals surface area contributed by atoms with Crippen LogP contribution in [0.25, 0.3) is 5.69 Å². The van der Waals surface area contributed by atoms with E-state index in [0.29, 0.717) is 22.5 Å². The Balaban J connectivity index is 1.69. The summed E-state index contributed by atoms with van der Waals surface area (Å²) in [6.45, 7) is 1.18. The van der Waals surface area contributed by atoms with E-state index in [1.54, 1.807) is 32.2 Å². The highest BCUT2D eigenvalue weighted by Crippen LogP contribution is 2.33. The highest BCUT2D eigenvalue weighted by molar-refractivity contribution is 6.06. The van der Waals surface area contributed by atoms with Gasteiger partial charge >= 0.3 is 5.69 Å². The third kappa shape index (κ3) is 4.86. The summed E-state index contributed by atoms with van der Waals surface area (Å²) in [6.07, 6.45) is 2.41. The Morgan fingerprint density at radius 2 is 1.97 bits per heavy atom. The van der Waals surface area contributed by atoms with Gasteiger partial charge in [0.1, 0.15) is 12.0 Å². The fourth-order valence-corrected chi connectivity index (χ4v) is 4.03. The Morgan fingerprint density at radius 3 is 2.69 bits per heavy atom. The molecule has 2 heterocycles. The summed E-state index contributed by atoms with van der Waals surface area (Å²) in [5, 5.41) is 15.9. The lowest BCUT2D eigenvalue weighted by Crippen LogP contribution is -2.40. The van der Waals surface area contributed by atoms with E-state index in [9.17, 15) is 23.6 Å². The molecule has 11 heteroatoms. The number of benzene rings is 2. The summed E-state index contributed by atoms with van der Waals surface area (Å²) in [7, 11) is 1.54. The van der Waals surface area contributed by atoms with Gasteiger partial charge in [-0.25, -0.2) is 9.18 Å². The Bertz CT molecular complexity index is 1490. The van der Waals surface area contributed by atoms with Gasteiger partial charge in [0.05, 0.1) is 18.8 Å². The van der Waals surface area contributed by atoms with Crippen LogP contribution < -0.4 is 16.6 Å². The number of nitrogens with zero attached hydrogens (tertiary/aromatic N) is 4. The van der Waals surface area contributed by atoms with Gasteiger partial charge in [0, 0.05) is 36.8 Å². The monoisotopic (exact) mass is 493 g/mol. The van der Waals surface area contributed by atoms with E-state index in [2.05, 4.69) is 10.4 Å². The number of aliphatic hydroxyl groups is 1. The number of anilines is 1. The number of hydrogen-bond acceptors (Lipinski definition) is 6. The fraction of sp³-hybridized carbons (Fsp3) is 0.240. The molecule has 1 atom stereocenters. The molecule has 0 saturated carbocycles. The van der Waals surface area contributed by atoms with Gasteiger partial charge in [0.15, 0.2) is 0 Å². The third-order valence-electron chi connectivity index (χ3n) is 5.99. The molecule has 2 amide bonds. The molecular weight excluding hydrogens is 469 g/mol. The molecule has 3 aromatic rings. The SMILES string of the molecule is Cc1ccc(-n2ncc(=O)n(CCO)c2=O)cc1NC(=O)C1=CN(C)C(=O)CC1c1cccc(F)c1. The molecule has 186 valence electrons. The predicted molar refractivity (Wildman–Crippen MR) is 129 cm³/mol. The molecule has 1 aliphatic rings. The van der Waals surface area contributed by atoms with Gasteiger partial charge < -0.3 is 15.3 Å². The van der Waals surface area contributed by atoms with Crippen molar-refractivity contribution in [1.29, 1.82) is 0 Å². The lowest BCUT2D eigenvalue weighted by molar-refractivity contribution is -0.128. The minimum Gasteiger partial charge on any atom is -0.395 e. The van der Waals surface area contributed by atoms with Crippen LogP contribution >= 0.6 is 0 Å². The maximum absolute atomic E-state index is 13.9. The Hall–Kier alpha value is -4.38. The van der Waals surface area contributed by atoms with Gasteiger partial charge in [0.25, 0.3) is 11.5 Å². The number of aromatic nitrogens is 3. The van der Waals surface area contributed by atoms with Crippen LogP contribution in [-0.2, 0) is 16.1 Å². The Kier molecular flexibility index (Phi) is 6.93. The summed E-state index contributed by atoms with van der Waals surface area (Å²) in [4.78, 5) is 51.7. The average molecular weight is 493 g/mol. The van der Waals surface area contributed by atoms with E-state index in [4.69, 9.17) is 5.11 Å². The van der Waals surface area contributed by atoms with Gasteiger partial charge in [0.2, 0.25) is 5.91 Å². The molecule has 2 N–H and O–H groups in total. The largest absolute Gasteiger partial charge is 0.395 e. The van der Waals surface area contributed by atoms with Crippen molar-refractivity contribution in [1.82, 2.24) is 19.2 Å². The van der Waals surface area contributed by atoms with Crippen LogP contribution in [-0.4, -0.2) is 49.8 Å². The van der Waals surface area contributed by atoms with Gasteiger partial charge in [-0.15, -0.1) is 0 Å². The minimum atomic E-state index is -0.737. The smallest absolute Gasteiger partial charge is 0.352 e. The number of carbonyl (C=O) groups excluding carboxylic acids is 2. The molecule has 36 heavy (non-hydrogen) atoms. The molecule has 4 rings (SSSR count). The van der Waals surface area contributed by atoms with E-state index < -0.39 is 35.5 Å². The third-order valence-corrected chi connectivity index (χ3v) is 5.99. The first-order valence-corrected chi connectivity index (χ1v) is 11.1. The van der Waals surface area contributed by atoms with Gasteiger partial charge in [-0.1, -0.05) is 18.2 Å². The zero-order valence-corrected chi connectivity index (χ0v) is 19.6. The van der Waals surface area contributed by atoms with Crippen molar-refractivity contribution in [2.75, 3.05) is 19.0 Å². The fourth-order valence-electron chi connectivity index (χ4n) is 4.03. The Morgan fingerprint density at radius 1 is 1.19 bits per heavy atom. The minimum absolute atomic E-state index is 0.00391. The van der Waals surface area contributed by atoms with E-state index in [0.717, 1.165) is 15.4 Å². The summed E-state index contributed by atoms with van der Waals surface area (Å²) < 4.78 is 15.7. The van der Waals surface area contributed by atoms with E-state index >= 15 is 0 Å². The molecule has 1 aliphatic heterocycles. The second-order valence-electron chi connectivity index (χ2n) is 8.41. The van der Waals surface area contributed by atoms with Gasteiger partial charge in [-0.2, -0.15) is 9.78 Å². The van der Waals surface area contributed by atoms with E-state index in [-0.39, 0.29) is 24.4 Å². The van der Waals surface area contributed by atoms with Gasteiger partial charge in [-0.05, 0) is 42.3 Å². The second-order valence-corrected chi connectivity index (χ2v) is 8.41. The molecule has 1 unspecified atom stereocenters. The number of carbonyl (C=O) groups is 2. The molecule has 1 aromatic heterocycles. The molecule has 0 fully saturated rings. The van der Waals surface area contributed by atoms with E-state index in [1.807, 2.05) is 0 Å². The highest BCUT2D eigenvalue weighted by Gasteiger charge is 2.31. The number of hydrogen-bond donors (Lipinski definition) is 2. The first-order valence-electron chi connectivity index (χ1n) is 11.1. The van der Waals surface area contributed by atoms with Crippen molar-refractivity contribution in [3.05, 3.63) is 98.2 Å². The average Bonchev–Trinajstić information content (AvgIpc) is 2.84. The lowest BCUT2D eigenvalue weighted by atomic mass is 9.85. The lowest BCUT2D eigenvalue weighted by Gasteiger charge is -2.28. The quantitative estimate of drug-likeness (QED) is 0.533. The number of rotatable bonds is 6. The predicted octanol–water partition coefficient (Wildman–Crippen LogP) is 1.30. The second kappa shape index (κ2) is 10.1. The van der Waals surface area contributed by atoms with E-state index in [1.165, 1.54) is 35.4 Å². The maximum atomic E-state index is 13.9. The zero-order valence-electron chi connectivity index (χ0n) is 19.6. The molecule has 0 aliphatic carbocycles. The number of aryl methyl sites for hydroxylation is 1. The zero-order chi connectivity index (χ0) is 26.0. The number of nitrogens with one attached hydrogen (secondary N) is 1. The molecule has 2 aromatic carbocycles. The van der Waals surface area contributed by atoms with Crippen LogP contribution in [0.1, 0.15) is 23.5 Å². The van der Waals surface area contributed by atoms with Crippen LogP contribution in [0.2, 0.25) is 0 Å². The number of amides is 2. The van der Waals surface area contributed by atoms with Crippen LogP contribution in [0, 0.1) is 12.7 Å². The van der Waals surface area contributed by atoms with Crippen LogP contribution in [0.15, 0.2) is 70.0 Å².